The van der Waals surface area contributed by atoms with Gasteiger partial charge in [0.1, 0.15) is 0 Å². The van der Waals surface area contributed by atoms with Gasteiger partial charge in [0.05, 0.1) is 0 Å². The van der Waals surface area contributed by atoms with E-state index in [0.29, 0.717) is 0 Å². The van der Waals surface area contributed by atoms with Crippen molar-refractivity contribution in [3.8, 4) is 0 Å². The summed E-state index contributed by atoms with van der Waals surface area (Å²) >= 11 is 5.57. The zero-order valence-electron chi connectivity index (χ0n) is 12.1. The van der Waals surface area contributed by atoms with Crippen LogP contribution in [0, 0.1) is 18.8 Å². The molecule has 0 spiro atoms. The van der Waals surface area contributed by atoms with Gasteiger partial charge in [0.15, 0.2) is 0 Å². The van der Waals surface area contributed by atoms with Gasteiger partial charge in [0.2, 0.25) is 0 Å². The highest BCUT2D eigenvalue weighted by Gasteiger charge is 2.07. The maximum absolute atomic E-state index is 3.65. The fourth-order valence-corrected chi connectivity index (χ4v) is 3.84. The van der Waals surface area contributed by atoms with Crippen molar-refractivity contribution in [2.45, 2.75) is 47.0 Å². The normalized spacial score (nSPS) is 13.2. The molecule has 0 aliphatic carbocycles. The summed E-state index contributed by atoms with van der Waals surface area (Å²) < 4.78 is 1.30. The molecule has 0 bridgehead atoms. The van der Waals surface area contributed by atoms with Crippen molar-refractivity contribution < 1.29 is 0 Å². The molecule has 0 saturated heterocycles. The monoisotopic (exact) mass is 331 g/mol. The molecule has 18 heavy (non-hydrogen) atoms. The average Bonchev–Trinajstić information content (AvgIpc) is 2.60. The fraction of sp³-hybridized carbons (Fsp3) is 0.733. The van der Waals surface area contributed by atoms with Gasteiger partial charge < -0.3 is 5.32 Å². The van der Waals surface area contributed by atoms with Crippen LogP contribution >= 0.6 is 27.3 Å². The van der Waals surface area contributed by atoms with E-state index in [0.717, 1.165) is 24.9 Å². The lowest BCUT2D eigenvalue weighted by Gasteiger charge is -2.12. The first kappa shape index (κ1) is 16.2. The van der Waals surface area contributed by atoms with Crippen molar-refractivity contribution in [3.63, 3.8) is 0 Å². The molecule has 104 valence electrons. The van der Waals surface area contributed by atoms with Gasteiger partial charge >= 0.3 is 0 Å². The minimum absolute atomic E-state index is 0.755. The smallest absolute Gasteiger partial charge is 0.0317 e. The topological polar surface area (TPSA) is 12.0 Å². The summed E-state index contributed by atoms with van der Waals surface area (Å²) in [6, 6.07) is 2.23. The Morgan fingerprint density at radius 2 is 2.00 bits per heavy atom. The van der Waals surface area contributed by atoms with Gasteiger partial charge in [-0.1, -0.05) is 20.8 Å². The molecule has 0 aliphatic heterocycles. The lowest BCUT2D eigenvalue weighted by atomic mass is 10.0. The largest absolute Gasteiger partial charge is 0.316 e. The van der Waals surface area contributed by atoms with Crippen LogP contribution in [-0.2, 0) is 6.42 Å². The Morgan fingerprint density at radius 1 is 1.28 bits per heavy atom. The van der Waals surface area contributed by atoms with Gasteiger partial charge in [-0.15, -0.1) is 11.3 Å². The van der Waals surface area contributed by atoms with Crippen LogP contribution in [0.15, 0.2) is 10.5 Å². The highest BCUT2D eigenvalue weighted by atomic mass is 79.9. The molecule has 0 amide bonds. The number of thiophene rings is 1. The second kappa shape index (κ2) is 8.34. The van der Waals surface area contributed by atoms with Gasteiger partial charge in [0.25, 0.3) is 0 Å². The summed E-state index contributed by atoms with van der Waals surface area (Å²) in [7, 11) is 0. The Bertz CT molecular complexity index is 346. The summed E-state index contributed by atoms with van der Waals surface area (Å²) in [4.78, 5) is 2.91. The first-order valence-electron chi connectivity index (χ1n) is 6.94. The zero-order valence-corrected chi connectivity index (χ0v) is 14.5. The van der Waals surface area contributed by atoms with Crippen LogP contribution in [0.3, 0.4) is 0 Å². The Hall–Kier alpha value is 0.140. The van der Waals surface area contributed by atoms with E-state index in [1.165, 1.54) is 33.5 Å². The maximum Gasteiger partial charge on any atom is 0.0317 e. The van der Waals surface area contributed by atoms with Crippen molar-refractivity contribution in [2.75, 3.05) is 13.1 Å². The molecule has 1 N–H and O–H groups in total. The molecule has 1 atom stereocenters. The molecule has 1 unspecified atom stereocenters. The molecule has 1 aromatic rings. The van der Waals surface area contributed by atoms with E-state index in [4.69, 9.17) is 0 Å². The first-order chi connectivity index (χ1) is 8.49. The Labute approximate surface area is 125 Å². The molecule has 1 aromatic heterocycles. The maximum atomic E-state index is 3.65. The molecular weight excluding hydrogens is 306 g/mol. The Morgan fingerprint density at radius 3 is 2.56 bits per heavy atom. The summed E-state index contributed by atoms with van der Waals surface area (Å²) in [5.41, 5.74) is 0. The summed E-state index contributed by atoms with van der Waals surface area (Å²) in [5, 5.41) is 3.52. The van der Waals surface area contributed by atoms with E-state index in [2.05, 4.69) is 55.0 Å². The minimum atomic E-state index is 0.755. The second-order valence-corrected chi connectivity index (χ2v) is 7.85. The van der Waals surface area contributed by atoms with Crippen LogP contribution in [0.5, 0.6) is 0 Å². The van der Waals surface area contributed by atoms with E-state index in [1.807, 2.05) is 11.3 Å². The number of hydrogen-bond donors (Lipinski definition) is 1. The SMILES string of the molecule is Cc1cc(Br)c(CCC(C)CCNCC(C)C)s1. The van der Waals surface area contributed by atoms with Gasteiger partial charge in [-0.2, -0.15) is 0 Å². The van der Waals surface area contributed by atoms with Crippen molar-refractivity contribution >= 4 is 27.3 Å². The number of hydrogen-bond acceptors (Lipinski definition) is 2. The van der Waals surface area contributed by atoms with Crippen LogP contribution < -0.4 is 5.32 Å². The summed E-state index contributed by atoms with van der Waals surface area (Å²) in [5.74, 6) is 1.56. The van der Waals surface area contributed by atoms with E-state index < -0.39 is 0 Å². The van der Waals surface area contributed by atoms with Crippen molar-refractivity contribution in [2.24, 2.45) is 11.8 Å². The van der Waals surface area contributed by atoms with E-state index in [9.17, 15) is 0 Å². The van der Waals surface area contributed by atoms with Crippen LogP contribution in [0.25, 0.3) is 0 Å². The quantitative estimate of drug-likeness (QED) is 0.659. The van der Waals surface area contributed by atoms with Crippen LogP contribution in [0.2, 0.25) is 0 Å². The molecule has 1 heterocycles. The number of rotatable bonds is 8. The predicted octanol–water partition coefficient (Wildman–Crippen LogP) is 5.02. The lowest BCUT2D eigenvalue weighted by molar-refractivity contribution is 0.455. The fourth-order valence-electron chi connectivity index (χ4n) is 1.96. The molecule has 3 heteroatoms. The first-order valence-corrected chi connectivity index (χ1v) is 8.55. The van der Waals surface area contributed by atoms with Crippen LogP contribution in [-0.4, -0.2) is 13.1 Å². The van der Waals surface area contributed by atoms with Gasteiger partial charge in [-0.25, -0.2) is 0 Å². The van der Waals surface area contributed by atoms with Crippen molar-refractivity contribution in [1.82, 2.24) is 5.32 Å². The Balaban J connectivity index is 2.17. The van der Waals surface area contributed by atoms with Gasteiger partial charge in [0, 0.05) is 14.2 Å². The summed E-state index contributed by atoms with van der Waals surface area (Å²) in [6.45, 7) is 11.4. The molecule has 0 saturated carbocycles. The summed E-state index contributed by atoms with van der Waals surface area (Å²) in [6.07, 6.45) is 3.79. The van der Waals surface area contributed by atoms with Crippen LogP contribution in [0.4, 0.5) is 0 Å². The number of nitrogens with one attached hydrogen (secondary N) is 1. The standard InChI is InChI=1S/C15H26BrNS/c1-11(2)10-17-8-7-12(3)5-6-15-14(16)9-13(4)18-15/h9,11-12,17H,5-8,10H2,1-4H3. The average molecular weight is 332 g/mol. The van der Waals surface area contributed by atoms with E-state index in [-0.39, 0.29) is 0 Å². The van der Waals surface area contributed by atoms with Gasteiger partial charge in [-0.3, -0.25) is 0 Å². The number of halogens is 1. The molecule has 0 fully saturated rings. The number of aryl methyl sites for hydroxylation is 2. The molecule has 1 rings (SSSR count). The molecule has 0 aliphatic rings. The van der Waals surface area contributed by atoms with Crippen molar-refractivity contribution in [3.05, 3.63) is 20.3 Å². The lowest BCUT2D eigenvalue weighted by Crippen LogP contribution is -2.22. The predicted molar refractivity (Wildman–Crippen MR) is 86.6 cm³/mol. The molecule has 0 aromatic carbocycles. The molecular formula is C15H26BrNS. The Kier molecular flexibility index (Phi) is 7.50. The third-order valence-corrected chi connectivity index (χ3v) is 5.19. The van der Waals surface area contributed by atoms with E-state index in [1.54, 1.807) is 0 Å². The third-order valence-electron chi connectivity index (χ3n) is 3.11. The molecule has 0 radical (unpaired) electrons. The highest BCUT2D eigenvalue weighted by molar-refractivity contribution is 9.10. The van der Waals surface area contributed by atoms with Gasteiger partial charge in [-0.05, 0) is 73.1 Å². The second-order valence-electron chi connectivity index (χ2n) is 5.66. The highest BCUT2D eigenvalue weighted by Crippen LogP contribution is 2.29. The van der Waals surface area contributed by atoms with Crippen LogP contribution in [0.1, 0.15) is 43.4 Å². The van der Waals surface area contributed by atoms with Crippen molar-refractivity contribution in [1.29, 1.82) is 0 Å². The molecule has 1 nitrogen and oxygen atoms in total. The zero-order chi connectivity index (χ0) is 13.5. The third kappa shape index (κ3) is 6.35. The minimum Gasteiger partial charge on any atom is -0.316 e. The van der Waals surface area contributed by atoms with E-state index >= 15 is 0 Å².